The van der Waals surface area contributed by atoms with Crippen molar-refractivity contribution >= 4 is 12.2 Å². The molecule has 0 nitrogen and oxygen atoms in total. The summed E-state index contributed by atoms with van der Waals surface area (Å²) in [4.78, 5) is 0. The van der Waals surface area contributed by atoms with E-state index in [2.05, 4.69) is 32.2 Å². The van der Waals surface area contributed by atoms with Gasteiger partial charge < -0.3 is 0 Å². The van der Waals surface area contributed by atoms with E-state index in [1.807, 2.05) is 24.3 Å². The number of hydrogen-bond acceptors (Lipinski definition) is 0. The van der Waals surface area contributed by atoms with Crippen molar-refractivity contribution in [2.75, 3.05) is 0 Å². The number of hydrogen-bond donors (Lipinski definition) is 0. The summed E-state index contributed by atoms with van der Waals surface area (Å²) < 4.78 is 0. The van der Waals surface area contributed by atoms with Crippen LogP contribution in [0.2, 0.25) is 0 Å². The highest BCUT2D eigenvalue weighted by Crippen LogP contribution is 2.16. The highest BCUT2D eigenvalue weighted by molar-refractivity contribution is 5.67. The first-order chi connectivity index (χ1) is 6.29. The van der Waals surface area contributed by atoms with Crippen LogP contribution in [0, 0.1) is 6.92 Å². The van der Waals surface area contributed by atoms with E-state index < -0.39 is 0 Å². The molecule has 13 heavy (non-hydrogen) atoms. The molecular weight excluding hydrogens is 156 g/mol. The summed E-state index contributed by atoms with van der Waals surface area (Å²) in [6, 6.07) is 6.21. The Kier molecular flexibility index (Phi) is 3.27. The molecule has 0 aliphatic rings. The summed E-state index contributed by atoms with van der Waals surface area (Å²) in [6.07, 6.45) is 7.63. The predicted octanol–water partition coefficient (Wildman–Crippen LogP) is 3.84. The first-order valence-electron chi connectivity index (χ1n) is 4.30. The van der Waals surface area contributed by atoms with Gasteiger partial charge in [-0.15, -0.1) is 0 Å². The number of allylic oxidation sites excluding steroid dienone is 2. The number of rotatable bonds is 3. The van der Waals surface area contributed by atoms with Crippen LogP contribution in [-0.2, 0) is 0 Å². The predicted molar refractivity (Wildman–Crippen MR) is 60.5 cm³/mol. The zero-order valence-electron chi connectivity index (χ0n) is 7.96. The van der Waals surface area contributed by atoms with Crippen molar-refractivity contribution in [2.24, 2.45) is 0 Å². The van der Waals surface area contributed by atoms with Gasteiger partial charge in [-0.25, -0.2) is 0 Å². The van der Waals surface area contributed by atoms with Crippen molar-refractivity contribution in [1.29, 1.82) is 0 Å². The lowest BCUT2D eigenvalue weighted by molar-refractivity contribution is 1.43. The molecule has 0 aliphatic carbocycles. The van der Waals surface area contributed by atoms with Crippen molar-refractivity contribution in [2.45, 2.75) is 6.92 Å². The molecule has 0 amide bonds. The van der Waals surface area contributed by atoms with Gasteiger partial charge in [0.1, 0.15) is 0 Å². The zero-order valence-corrected chi connectivity index (χ0v) is 7.96. The Morgan fingerprint density at radius 2 is 2.00 bits per heavy atom. The summed E-state index contributed by atoms with van der Waals surface area (Å²) in [5, 5.41) is 0. The molecule has 0 radical (unpaired) electrons. The van der Waals surface area contributed by atoms with Gasteiger partial charge in [-0.2, -0.15) is 0 Å². The van der Waals surface area contributed by atoms with Crippen molar-refractivity contribution in [3.05, 3.63) is 60.2 Å². The monoisotopic (exact) mass is 170 g/mol. The first-order valence-corrected chi connectivity index (χ1v) is 4.30. The Morgan fingerprint density at radius 1 is 1.23 bits per heavy atom. The van der Waals surface area contributed by atoms with Crippen molar-refractivity contribution in [3.63, 3.8) is 0 Å². The smallest absolute Gasteiger partial charge is 0.0161 e. The Bertz CT molecular complexity index is 343. The summed E-state index contributed by atoms with van der Waals surface area (Å²) in [7, 11) is 0. The lowest BCUT2D eigenvalue weighted by atomic mass is 10.0. The Labute approximate surface area is 79.9 Å². The molecule has 0 atom stereocenters. The fraction of sp³-hybridized carbons (Fsp3) is 0.0769. The Hall–Kier alpha value is -1.56. The zero-order chi connectivity index (χ0) is 9.68. The Balaban J connectivity index is 3.19. The minimum atomic E-state index is 1.19. The highest BCUT2D eigenvalue weighted by atomic mass is 14.0. The average Bonchev–Trinajstić information content (AvgIpc) is 2.15. The lowest BCUT2D eigenvalue weighted by Crippen LogP contribution is -1.84. The van der Waals surface area contributed by atoms with Gasteiger partial charge in [-0.05, 0) is 23.6 Å². The number of aryl methyl sites for hydroxylation is 1. The van der Waals surface area contributed by atoms with Gasteiger partial charge in [0.15, 0.2) is 0 Å². The van der Waals surface area contributed by atoms with Crippen LogP contribution in [0.15, 0.2) is 43.5 Å². The van der Waals surface area contributed by atoms with E-state index in [4.69, 9.17) is 0 Å². The van der Waals surface area contributed by atoms with Crippen LogP contribution in [-0.4, -0.2) is 0 Å². The second-order valence-corrected chi connectivity index (χ2v) is 2.88. The lowest BCUT2D eigenvalue weighted by Gasteiger charge is -2.03. The molecule has 0 fully saturated rings. The fourth-order valence-corrected chi connectivity index (χ4v) is 1.30. The molecule has 1 rings (SSSR count). The van der Waals surface area contributed by atoms with Crippen molar-refractivity contribution < 1.29 is 0 Å². The van der Waals surface area contributed by atoms with Gasteiger partial charge in [0, 0.05) is 0 Å². The third-order valence-electron chi connectivity index (χ3n) is 1.97. The fourth-order valence-electron chi connectivity index (χ4n) is 1.30. The standard InChI is InChI=1S/C13H14/c1-4-6-9-12-10-7-8-11(3)13(12)5-2/h4-10H,1-2H2,3H3/b9-6-. The maximum absolute atomic E-state index is 3.80. The quantitative estimate of drug-likeness (QED) is 0.605. The van der Waals surface area contributed by atoms with Gasteiger partial charge in [0.2, 0.25) is 0 Å². The molecule has 0 aromatic heterocycles. The normalized spacial score (nSPS) is 10.2. The van der Waals surface area contributed by atoms with Crippen LogP contribution in [0.4, 0.5) is 0 Å². The molecule has 0 heteroatoms. The molecule has 0 aliphatic heterocycles. The SMILES string of the molecule is C=C/C=C\c1cccc(C)c1C=C. The third-order valence-corrected chi connectivity index (χ3v) is 1.97. The second-order valence-electron chi connectivity index (χ2n) is 2.88. The molecule has 1 aromatic carbocycles. The van der Waals surface area contributed by atoms with E-state index in [1.54, 1.807) is 6.08 Å². The summed E-state index contributed by atoms with van der Waals surface area (Å²) in [6.45, 7) is 9.53. The van der Waals surface area contributed by atoms with Crippen LogP contribution >= 0.6 is 0 Å². The highest BCUT2D eigenvalue weighted by Gasteiger charge is 1.97. The van der Waals surface area contributed by atoms with E-state index in [0.717, 1.165) is 0 Å². The molecule has 0 saturated carbocycles. The van der Waals surface area contributed by atoms with Crippen molar-refractivity contribution in [3.8, 4) is 0 Å². The van der Waals surface area contributed by atoms with Gasteiger partial charge in [-0.3, -0.25) is 0 Å². The van der Waals surface area contributed by atoms with Gasteiger partial charge in [0.05, 0.1) is 0 Å². The molecular formula is C13H14. The Morgan fingerprint density at radius 3 is 2.62 bits per heavy atom. The van der Waals surface area contributed by atoms with E-state index in [1.165, 1.54) is 16.7 Å². The molecule has 0 unspecified atom stereocenters. The van der Waals surface area contributed by atoms with Gasteiger partial charge in [-0.1, -0.05) is 55.7 Å². The van der Waals surface area contributed by atoms with Crippen molar-refractivity contribution in [1.82, 2.24) is 0 Å². The molecule has 66 valence electrons. The molecule has 0 saturated heterocycles. The molecule has 0 bridgehead atoms. The summed E-state index contributed by atoms with van der Waals surface area (Å²) in [5.74, 6) is 0. The topological polar surface area (TPSA) is 0 Å². The van der Waals surface area contributed by atoms with E-state index >= 15 is 0 Å². The summed E-state index contributed by atoms with van der Waals surface area (Å²) in [5.41, 5.74) is 3.64. The third kappa shape index (κ3) is 2.19. The minimum Gasteiger partial charge on any atom is -0.0991 e. The van der Waals surface area contributed by atoms with Crippen LogP contribution in [0.3, 0.4) is 0 Å². The van der Waals surface area contributed by atoms with Gasteiger partial charge in [0.25, 0.3) is 0 Å². The minimum absolute atomic E-state index is 1.19. The van der Waals surface area contributed by atoms with Crippen LogP contribution in [0.5, 0.6) is 0 Å². The maximum atomic E-state index is 3.80. The van der Waals surface area contributed by atoms with E-state index in [9.17, 15) is 0 Å². The largest absolute Gasteiger partial charge is 0.0991 e. The van der Waals surface area contributed by atoms with E-state index in [-0.39, 0.29) is 0 Å². The molecule has 0 spiro atoms. The maximum Gasteiger partial charge on any atom is -0.0161 e. The molecule has 0 N–H and O–H groups in total. The van der Waals surface area contributed by atoms with Crippen LogP contribution in [0.1, 0.15) is 16.7 Å². The first kappa shape index (κ1) is 9.53. The summed E-state index contributed by atoms with van der Waals surface area (Å²) >= 11 is 0. The van der Waals surface area contributed by atoms with Crippen LogP contribution in [0.25, 0.3) is 12.2 Å². The average molecular weight is 170 g/mol. The van der Waals surface area contributed by atoms with Gasteiger partial charge >= 0.3 is 0 Å². The second kappa shape index (κ2) is 4.46. The molecule has 0 heterocycles. The van der Waals surface area contributed by atoms with E-state index in [0.29, 0.717) is 0 Å². The number of benzene rings is 1. The molecule has 1 aromatic rings. The van der Waals surface area contributed by atoms with Crippen LogP contribution < -0.4 is 0 Å².